The molecule has 1 heterocycles. The molecule has 0 atom stereocenters. The molecule has 2 aromatic carbocycles. The molecular formula is C16H14N2O. The minimum Gasteiger partial charge on any atom is -0.311 e. The van der Waals surface area contributed by atoms with Gasteiger partial charge in [-0.2, -0.15) is 0 Å². The maximum Gasteiger partial charge on any atom is 0.254 e. The molecule has 0 fully saturated rings. The van der Waals surface area contributed by atoms with Crippen LogP contribution < -0.4 is 5.56 Å². The fraction of sp³-hybridized carbons (Fsp3) is 0.125. The van der Waals surface area contributed by atoms with Crippen LogP contribution in [0.25, 0.3) is 22.0 Å². The van der Waals surface area contributed by atoms with E-state index in [1.807, 2.05) is 31.2 Å². The van der Waals surface area contributed by atoms with Crippen LogP contribution in [0.3, 0.4) is 0 Å². The van der Waals surface area contributed by atoms with Gasteiger partial charge in [0.25, 0.3) is 5.56 Å². The van der Waals surface area contributed by atoms with Crippen molar-refractivity contribution in [2.24, 2.45) is 0 Å². The average Bonchev–Trinajstić information content (AvgIpc) is 2.42. The number of aromatic amines is 1. The maximum absolute atomic E-state index is 11.9. The molecule has 19 heavy (non-hydrogen) atoms. The van der Waals surface area contributed by atoms with Crippen molar-refractivity contribution in [1.82, 2.24) is 9.97 Å². The maximum atomic E-state index is 11.9. The summed E-state index contributed by atoms with van der Waals surface area (Å²) in [6, 6.07) is 14.2. The van der Waals surface area contributed by atoms with Crippen LogP contribution in [-0.4, -0.2) is 9.97 Å². The lowest BCUT2D eigenvalue weighted by Crippen LogP contribution is -2.14. The molecule has 94 valence electrons. The average molecular weight is 250 g/mol. The van der Waals surface area contributed by atoms with Gasteiger partial charge in [0.1, 0.15) is 5.82 Å². The first kappa shape index (κ1) is 11.7. The van der Waals surface area contributed by atoms with Crippen molar-refractivity contribution in [2.75, 3.05) is 0 Å². The third-order valence-electron chi connectivity index (χ3n) is 3.31. The van der Waals surface area contributed by atoms with Gasteiger partial charge in [-0.15, -0.1) is 0 Å². The first-order chi connectivity index (χ1) is 9.16. The Morgan fingerprint density at radius 2 is 1.74 bits per heavy atom. The molecule has 0 saturated heterocycles. The van der Waals surface area contributed by atoms with Crippen LogP contribution in [0, 0.1) is 13.8 Å². The molecule has 0 spiro atoms. The summed E-state index contributed by atoms with van der Waals surface area (Å²) in [6.07, 6.45) is 0. The predicted molar refractivity (Wildman–Crippen MR) is 77.3 cm³/mol. The highest BCUT2D eigenvalue weighted by Crippen LogP contribution is 2.28. The normalized spacial score (nSPS) is 10.8. The Bertz CT molecular complexity index is 813. The largest absolute Gasteiger partial charge is 0.311 e. The molecule has 0 aliphatic rings. The first-order valence-electron chi connectivity index (χ1n) is 6.22. The second-order valence-corrected chi connectivity index (χ2v) is 4.65. The third-order valence-corrected chi connectivity index (χ3v) is 3.31. The fourth-order valence-electron chi connectivity index (χ4n) is 2.34. The lowest BCUT2D eigenvalue weighted by molar-refractivity contribution is 1.00. The Balaban J connectivity index is 2.40. The van der Waals surface area contributed by atoms with Crippen LogP contribution >= 0.6 is 0 Å². The molecular weight excluding hydrogens is 236 g/mol. The van der Waals surface area contributed by atoms with E-state index in [4.69, 9.17) is 0 Å². The van der Waals surface area contributed by atoms with Gasteiger partial charge in [-0.1, -0.05) is 42.5 Å². The number of nitrogens with zero attached hydrogens (tertiary/aromatic N) is 1. The van der Waals surface area contributed by atoms with Crippen molar-refractivity contribution < 1.29 is 0 Å². The SMILES string of the molecule is Cc1nc(-c2cccc3ccccc23)c(C)c(=O)[nH]1. The van der Waals surface area contributed by atoms with Crippen molar-refractivity contribution in [2.45, 2.75) is 13.8 Å². The molecule has 0 radical (unpaired) electrons. The van der Waals surface area contributed by atoms with Gasteiger partial charge in [0, 0.05) is 11.1 Å². The highest BCUT2D eigenvalue weighted by Gasteiger charge is 2.10. The van der Waals surface area contributed by atoms with E-state index in [0.717, 1.165) is 22.0 Å². The van der Waals surface area contributed by atoms with E-state index >= 15 is 0 Å². The van der Waals surface area contributed by atoms with E-state index < -0.39 is 0 Å². The molecule has 0 aliphatic carbocycles. The van der Waals surface area contributed by atoms with Crippen molar-refractivity contribution in [1.29, 1.82) is 0 Å². The van der Waals surface area contributed by atoms with Crippen LogP contribution in [0.4, 0.5) is 0 Å². The smallest absolute Gasteiger partial charge is 0.254 e. The Kier molecular flexibility index (Phi) is 2.67. The summed E-state index contributed by atoms with van der Waals surface area (Å²) in [5, 5.41) is 2.27. The fourth-order valence-corrected chi connectivity index (χ4v) is 2.34. The Morgan fingerprint density at radius 1 is 1.00 bits per heavy atom. The van der Waals surface area contributed by atoms with Crippen LogP contribution in [-0.2, 0) is 0 Å². The van der Waals surface area contributed by atoms with Crippen molar-refractivity contribution >= 4 is 10.8 Å². The van der Waals surface area contributed by atoms with E-state index in [-0.39, 0.29) is 5.56 Å². The van der Waals surface area contributed by atoms with E-state index in [1.165, 1.54) is 0 Å². The monoisotopic (exact) mass is 250 g/mol. The molecule has 3 rings (SSSR count). The van der Waals surface area contributed by atoms with Crippen molar-refractivity contribution in [3.8, 4) is 11.3 Å². The second kappa shape index (κ2) is 4.35. The summed E-state index contributed by atoms with van der Waals surface area (Å²) < 4.78 is 0. The molecule has 1 aromatic heterocycles. The highest BCUT2D eigenvalue weighted by molar-refractivity contribution is 5.96. The number of nitrogens with one attached hydrogen (secondary N) is 1. The van der Waals surface area contributed by atoms with E-state index in [9.17, 15) is 4.79 Å². The summed E-state index contributed by atoms with van der Waals surface area (Å²) in [5.41, 5.74) is 2.35. The zero-order valence-electron chi connectivity index (χ0n) is 10.9. The summed E-state index contributed by atoms with van der Waals surface area (Å²) in [7, 11) is 0. The number of benzene rings is 2. The van der Waals surface area contributed by atoms with Gasteiger partial charge in [0.05, 0.1) is 5.69 Å². The molecule has 0 amide bonds. The van der Waals surface area contributed by atoms with Gasteiger partial charge < -0.3 is 4.98 Å². The Hall–Kier alpha value is -2.42. The van der Waals surface area contributed by atoms with E-state index in [2.05, 4.69) is 28.2 Å². The highest BCUT2D eigenvalue weighted by atomic mass is 16.1. The molecule has 1 N–H and O–H groups in total. The molecule has 0 bridgehead atoms. The number of H-pyrrole nitrogens is 1. The van der Waals surface area contributed by atoms with Crippen LogP contribution in [0.1, 0.15) is 11.4 Å². The number of hydrogen-bond acceptors (Lipinski definition) is 2. The zero-order chi connectivity index (χ0) is 13.4. The van der Waals surface area contributed by atoms with E-state index in [1.54, 1.807) is 6.92 Å². The molecule has 3 aromatic rings. The van der Waals surface area contributed by atoms with Gasteiger partial charge >= 0.3 is 0 Å². The van der Waals surface area contributed by atoms with Gasteiger partial charge in [-0.25, -0.2) is 4.98 Å². The molecule has 0 saturated carbocycles. The number of hydrogen-bond donors (Lipinski definition) is 1. The number of fused-ring (bicyclic) bond motifs is 1. The topological polar surface area (TPSA) is 45.8 Å². The number of rotatable bonds is 1. The summed E-state index contributed by atoms with van der Waals surface area (Å²) >= 11 is 0. The number of aromatic nitrogens is 2. The Morgan fingerprint density at radius 3 is 2.58 bits per heavy atom. The molecule has 3 nitrogen and oxygen atoms in total. The lowest BCUT2D eigenvalue weighted by Gasteiger charge is -2.09. The number of aryl methyl sites for hydroxylation is 1. The van der Waals surface area contributed by atoms with Gasteiger partial charge in [-0.05, 0) is 24.6 Å². The summed E-state index contributed by atoms with van der Waals surface area (Å²) in [6.45, 7) is 3.61. The molecule has 0 aliphatic heterocycles. The van der Waals surface area contributed by atoms with Crippen molar-refractivity contribution in [3.05, 3.63) is 64.2 Å². The summed E-state index contributed by atoms with van der Waals surface area (Å²) in [5.74, 6) is 0.638. The lowest BCUT2D eigenvalue weighted by atomic mass is 10.00. The van der Waals surface area contributed by atoms with Crippen LogP contribution in [0.2, 0.25) is 0 Å². The zero-order valence-corrected chi connectivity index (χ0v) is 10.9. The third kappa shape index (κ3) is 1.93. The predicted octanol–water partition coefficient (Wildman–Crippen LogP) is 3.21. The van der Waals surface area contributed by atoms with Gasteiger partial charge in [-0.3, -0.25) is 4.79 Å². The molecule has 3 heteroatoms. The Labute approximate surface area is 111 Å². The van der Waals surface area contributed by atoms with Crippen LogP contribution in [0.5, 0.6) is 0 Å². The van der Waals surface area contributed by atoms with Crippen LogP contribution in [0.15, 0.2) is 47.3 Å². The molecule has 0 unspecified atom stereocenters. The first-order valence-corrected chi connectivity index (χ1v) is 6.22. The summed E-state index contributed by atoms with van der Waals surface area (Å²) in [4.78, 5) is 19.1. The minimum atomic E-state index is -0.0737. The van der Waals surface area contributed by atoms with Crippen molar-refractivity contribution in [3.63, 3.8) is 0 Å². The standard InChI is InChI=1S/C16H14N2O/c1-10-15(17-11(2)18-16(10)19)14-9-5-7-12-6-3-4-8-13(12)14/h3-9H,1-2H3,(H,17,18,19). The van der Waals surface area contributed by atoms with E-state index in [0.29, 0.717) is 11.4 Å². The second-order valence-electron chi connectivity index (χ2n) is 4.65. The minimum absolute atomic E-state index is 0.0737. The quantitative estimate of drug-likeness (QED) is 0.720. The van der Waals surface area contributed by atoms with Gasteiger partial charge in [0.2, 0.25) is 0 Å². The van der Waals surface area contributed by atoms with Gasteiger partial charge in [0.15, 0.2) is 0 Å².